The van der Waals surface area contributed by atoms with Gasteiger partial charge in [-0.05, 0) is 36.4 Å². The number of allylic oxidation sites excluding steroid dienone is 1. The zero-order valence-corrected chi connectivity index (χ0v) is 7.63. The van der Waals surface area contributed by atoms with Gasteiger partial charge in [-0.1, -0.05) is 6.08 Å². The Kier molecular flexibility index (Phi) is 2.23. The molecule has 3 heteroatoms. The normalized spacial score (nSPS) is 11.5. The molecule has 1 heterocycles. The summed E-state index contributed by atoms with van der Waals surface area (Å²) in [4.78, 5) is 3.08. The molecule has 72 valence electrons. The molecule has 2 nitrogen and oxygen atoms in total. The number of benzene rings is 1. The highest BCUT2D eigenvalue weighted by Crippen LogP contribution is 2.19. The lowest BCUT2D eigenvalue weighted by molar-refractivity contribution is 0.629. The van der Waals surface area contributed by atoms with Gasteiger partial charge in [0, 0.05) is 17.1 Å². The molecule has 2 aromatic rings. The molecule has 0 saturated heterocycles. The molecular formula is C11H11FN2. The number of rotatable bonds is 2. The first-order chi connectivity index (χ1) is 6.81. The van der Waals surface area contributed by atoms with Gasteiger partial charge < -0.3 is 10.7 Å². The van der Waals surface area contributed by atoms with Gasteiger partial charge in [-0.25, -0.2) is 4.39 Å². The summed E-state index contributed by atoms with van der Waals surface area (Å²) in [6.45, 7) is 0. The van der Waals surface area contributed by atoms with Crippen LogP contribution in [0.15, 0.2) is 36.7 Å². The molecule has 2 rings (SSSR count). The smallest absolute Gasteiger partial charge is 0.123 e. The van der Waals surface area contributed by atoms with Crippen LogP contribution in [0.4, 0.5) is 4.39 Å². The van der Waals surface area contributed by atoms with Crippen LogP contribution in [0, 0.1) is 5.82 Å². The molecular weight excluding hydrogens is 179 g/mol. The van der Waals surface area contributed by atoms with Crippen LogP contribution in [0.2, 0.25) is 0 Å². The highest BCUT2D eigenvalue weighted by atomic mass is 19.1. The molecule has 3 N–H and O–H groups in total. The lowest BCUT2D eigenvalue weighted by Crippen LogP contribution is -1.82. The Morgan fingerprint density at radius 1 is 1.43 bits per heavy atom. The standard InChI is InChI=1S/C11H11FN2/c12-9-3-4-11-10(6-9)8(7-14-11)2-1-5-13/h1,3-7,14H,2,13H2. The number of aromatic amines is 1. The lowest BCUT2D eigenvalue weighted by atomic mass is 10.1. The van der Waals surface area contributed by atoms with Gasteiger partial charge in [-0.3, -0.25) is 0 Å². The fourth-order valence-corrected chi connectivity index (χ4v) is 1.51. The molecule has 0 fully saturated rings. The van der Waals surface area contributed by atoms with Crippen molar-refractivity contribution >= 4 is 10.9 Å². The predicted octanol–water partition coefficient (Wildman–Crippen LogP) is 2.32. The third-order valence-corrected chi connectivity index (χ3v) is 2.20. The van der Waals surface area contributed by atoms with Crippen LogP contribution in [0.1, 0.15) is 5.56 Å². The zero-order valence-electron chi connectivity index (χ0n) is 7.63. The fourth-order valence-electron chi connectivity index (χ4n) is 1.51. The number of H-pyrrole nitrogens is 1. The quantitative estimate of drug-likeness (QED) is 0.749. The maximum atomic E-state index is 13.0. The van der Waals surface area contributed by atoms with Crippen molar-refractivity contribution in [2.45, 2.75) is 6.42 Å². The Labute approximate surface area is 81.2 Å². The zero-order chi connectivity index (χ0) is 9.97. The van der Waals surface area contributed by atoms with Gasteiger partial charge in [0.05, 0.1) is 0 Å². The van der Waals surface area contributed by atoms with E-state index in [1.54, 1.807) is 6.07 Å². The van der Waals surface area contributed by atoms with E-state index in [-0.39, 0.29) is 5.82 Å². The summed E-state index contributed by atoms with van der Waals surface area (Å²) in [5.74, 6) is -0.213. The Hall–Kier alpha value is -1.77. The molecule has 0 unspecified atom stereocenters. The molecule has 1 aromatic heterocycles. The van der Waals surface area contributed by atoms with Crippen LogP contribution < -0.4 is 5.73 Å². The molecule has 0 atom stereocenters. The third-order valence-electron chi connectivity index (χ3n) is 2.20. The molecule has 14 heavy (non-hydrogen) atoms. The topological polar surface area (TPSA) is 41.8 Å². The molecule has 1 aromatic carbocycles. The van der Waals surface area contributed by atoms with Crippen molar-refractivity contribution in [1.29, 1.82) is 0 Å². The summed E-state index contributed by atoms with van der Waals surface area (Å²) in [6, 6.07) is 4.72. The number of nitrogens with two attached hydrogens (primary N) is 1. The van der Waals surface area contributed by atoms with Gasteiger partial charge in [-0.15, -0.1) is 0 Å². The average molecular weight is 190 g/mol. The van der Waals surface area contributed by atoms with E-state index in [1.807, 2.05) is 12.3 Å². The second kappa shape index (κ2) is 3.54. The summed E-state index contributed by atoms with van der Waals surface area (Å²) >= 11 is 0. The van der Waals surface area contributed by atoms with Crippen LogP contribution in [0.25, 0.3) is 10.9 Å². The third kappa shape index (κ3) is 1.48. The van der Waals surface area contributed by atoms with Crippen molar-refractivity contribution in [3.05, 3.63) is 48.1 Å². The van der Waals surface area contributed by atoms with Gasteiger partial charge in [0.2, 0.25) is 0 Å². The first-order valence-corrected chi connectivity index (χ1v) is 4.43. The van der Waals surface area contributed by atoms with E-state index in [9.17, 15) is 4.39 Å². The minimum absolute atomic E-state index is 0.213. The second-order valence-corrected chi connectivity index (χ2v) is 3.14. The van der Waals surface area contributed by atoms with Crippen LogP contribution in [-0.4, -0.2) is 4.98 Å². The lowest BCUT2D eigenvalue weighted by Gasteiger charge is -1.94. The fraction of sp³-hybridized carbons (Fsp3) is 0.0909. The van der Waals surface area contributed by atoms with Crippen molar-refractivity contribution in [2.24, 2.45) is 5.73 Å². The first kappa shape index (κ1) is 8.81. The summed E-state index contributed by atoms with van der Waals surface area (Å²) in [7, 11) is 0. The van der Waals surface area contributed by atoms with E-state index in [0.29, 0.717) is 0 Å². The Morgan fingerprint density at radius 2 is 2.29 bits per heavy atom. The van der Waals surface area contributed by atoms with E-state index >= 15 is 0 Å². The van der Waals surface area contributed by atoms with Gasteiger partial charge in [0.1, 0.15) is 5.82 Å². The van der Waals surface area contributed by atoms with Crippen molar-refractivity contribution in [3.63, 3.8) is 0 Å². The monoisotopic (exact) mass is 190 g/mol. The number of nitrogens with one attached hydrogen (secondary N) is 1. The largest absolute Gasteiger partial charge is 0.405 e. The van der Waals surface area contributed by atoms with E-state index in [0.717, 1.165) is 22.9 Å². The first-order valence-electron chi connectivity index (χ1n) is 4.43. The number of fused-ring (bicyclic) bond motifs is 1. The molecule has 0 aliphatic carbocycles. The number of aromatic nitrogens is 1. The van der Waals surface area contributed by atoms with Gasteiger partial charge >= 0.3 is 0 Å². The second-order valence-electron chi connectivity index (χ2n) is 3.14. The van der Waals surface area contributed by atoms with Crippen molar-refractivity contribution in [3.8, 4) is 0 Å². The molecule has 0 bridgehead atoms. The van der Waals surface area contributed by atoms with Crippen LogP contribution in [-0.2, 0) is 6.42 Å². The summed E-state index contributed by atoms with van der Waals surface area (Å²) < 4.78 is 13.0. The number of hydrogen-bond acceptors (Lipinski definition) is 1. The molecule has 0 saturated carbocycles. The minimum Gasteiger partial charge on any atom is -0.405 e. The molecule has 0 amide bonds. The van der Waals surface area contributed by atoms with Crippen LogP contribution >= 0.6 is 0 Å². The SMILES string of the molecule is NC=CCc1c[nH]c2ccc(F)cc12. The predicted molar refractivity (Wildman–Crippen MR) is 55.3 cm³/mol. The highest BCUT2D eigenvalue weighted by molar-refractivity contribution is 5.83. The Morgan fingerprint density at radius 3 is 3.07 bits per heavy atom. The van der Waals surface area contributed by atoms with E-state index in [2.05, 4.69) is 4.98 Å². The highest BCUT2D eigenvalue weighted by Gasteiger charge is 2.02. The maximum absolute atomic E-state index is 13.0. The number of halogens is 1. The molecule has 0 aliphatic rings. The minimum atomic E-state index is -0.213. The summed E-state index contributed by atoms with van der Waals surface area (Å²) in [5.41, 5.74) is 7.26. The van der Waals surface area contributed by atoms with E-state index in [1.165, 1.54) is 18.3 Å². The van der Waals surface area contributed by atoms with E-state index < -0.39 is 0 Å². The Balaban J connectivity index is 2.49. The average Bonchev–Trinajstić information content (AvgIpc) is 2.57. The molecule has 0 spiro atoms. The van der Waals surface area contributed by atoms with Gasteiger partial charge in [-0.2, -0.15) is 0 Å². The number of hydrogen-bond donors (Lipinski definition) is 2. The van der Waals surface area contributed by atoms with Gasteiger partial charge in [0.15, 0.2) is 0 Å². The van der Waals surface area contributed by atoms with Crippen molar-refractivity contribution in [1.82, 2.24) is 4.98 Å². The maximum Gasteiger partial charge on any atom is 0.123 e. The molecule has 0 radical (unpaired) electrons. The molecule has 0 aliphatic heterocycles. The van der Waals surface area contributed by atoms with Crippen molar-refractivity contribution < 1.29 is 4.39 Å². The van der Waals surface area contributed by atoms with Gasteiger partial charge in [0.25, 0.3) is 0 Å². The summed E-state index contributed by atoms with van der Waals surface area (Å²) in [5, 5.41) is 0.920. The van der Waals surface area contributed by atoms with Crippen molar-refractivity contribution in [2.75, 3.05) is 0 Å². The summed E-state index contributed by atoms with van der Waals surface area (Å²) in [6.07, 6.45) is 5.94. The van der Waals surface area contributed by atoms with E-state index in [4.69, 9.17) is 5.73 Å². The van der Waals surface area contributed by atoms with Crippen LogP contribution in [0.3, 0.4) is 0 Å². The van der Waals surface area contributed by atoms with Crippen LogP contribution in [0.5, 0.6) is 0 Å². The Bertz CT molecular complexity index is 471.